The van der Waals surface area contributed by atoms with Gasteiger partial charge in [0.2, 0.25) is 0 Å². The van der Waals surface area contributed by atoms with Crippen LogP contribution in [0, 0.1) is 0 Å². The van der Waals surface area contributed by atoms with Crippen molar-refractivity contribution in [2.75, 3.05) is 0 Å². The number of benzene rings is 2. The van der Waals surface area contributed by atoms with Crippen molar-refractivity contribution in [1.82, 2.24) is 0 Å². The van der Waals surface area contributed by atoms with Crippen LogP contribution in [0.25, 0.3) is 0 Å². The molecule has 3 heteroatoms. The Morgan fingerprint density at radius 1 is 1.00 bits per heavy atom. The van der Waals surface area contributed by atoms with Gasteiger partial charge in [-0.2, -0.15) is 0 Å². The highest BCUT2D eigenvalue weighted by atomic mass is 32.2. The molecule has 0 aliphatic heterocycles. The summed E-state index contributed by atoms with van der Waals surface area (Å²) in [4.78, 5) is 2.26. The molecule has 0 unspecified atom stereocenters. The summed E-state index contributed by atoms with van der Waals surface area (Å²) in [5.74, 6) is 0.288. The molecule has 0 fully saturated rings. The molecule has 3 N–H and O–H groups in total. The van der Waals surface area contributed by atoms with Crippen LogP contribution in [-0.4, -0.2) is 5.11 Å². The molecule has 0 spiro atoms. The van der Waals surface area contributed by atoms with E-state index in [1.54, 1.807) is 23.9 Å². The van der Waals surface area contributed by atoms with Gasteiger partial charge < -0.3 is 10.8 Å². The van der Waals surface area contributed by atoms with Crippen LogP contribution >= 0.6 is 11.8 Å². The molecule has 0 saturated carbocycles. The summed E-state index contributed by atoms with van der Waals surface area (Å²) in [6.45, 7) is 0.543. The van der Waals surface area contributed by atoms with E-state index in [2.05, 4.69) is 6.07 Å². The first-order valence-corrected chi connectivity index (χ1v) is 5.86. The van der Waals surface area contributed by atoms with Crippen molar-refractivity contribution in [3.63, 3.8) is 0 Å². The fourth-order valence-electron chi connectivity index (χ4n) is 1.41. The van der Waals surface area contributed by atoms with Gasteiger partial charge in [-0.05, 0) is 35.9 Å². The topological polar surface area (TPSA) is 46.2 Å². The normalized spacial score (nSPS) is 10.3. The van der Waals surface area contributed by atoms with E-state index >= 15 is 0 Å². The largest absolute Gasteiger partial charge is 0.508 e. The molecule has 2 nitrogen and oxygen atoms in total. The molecule has 0 amide bonds. The molecular weight excluding hydrogens is 218 g/mol. The maximum atomic E-state index is 9.19. The lowest BCUT2D eigenvalue weighted by atomic mass is 10.2. The zero-order valence-electron chi connectivity index (χ0n) is 8.76. The Kier molecular flexibility index (Phi) is 3.49. The average Bonchev–Trinajstić information content (AvgIpc) is 2.33. The zero-order valence-corrected chi connectivity index (χ0v) is 9.58. The van der Waals surface area contributed by atoms with E-state index in [0.717, 1.165) is 15.4 Å². The number of rotatable bonds is 3. The summed E-state index contributed by atoms with van der Waals surface area (Å²) >= 11 is 1.66. The number of hydrogen-bond donors (Lipinski definition) is 2. The lowest BCUT2D eigenvalue weighted by Gasteiger charge is -2.06. The van der Waals surface area contributed by atoms with E-state index in [4.69, 9.17) is 5.73 Å². The fraction of sp³-hybridized carbons (Fsp3) is 0.0769. The van der Waals surface area contributed by atoms with Crippen molar-refractivity contribution >= 4 is 11.8 Å². The number of phenols is 1. The second-order valence-electron chi connectivity index (χ2n) is 3.41. The van der Waals surface area contributed by atoms with Gasteiger partial charge in [-0.1, -0.05) is 30.0 Å². The lowest BCUT2D eigenvalue weighted by molar-refractivity contribution is 0.475. The molecule has 0 radical (unpaired) electrons. The summed E-state index contributed by atoms with van der Waals surface area (Å²) in [5.41, 5.74) is 6.81. The lowest BCUT2D eigenvalue weighted by Crippen LogP contribution is -1.97. The minimum atomic E-state index is 0.288. The van der Waals surface area contributed by atoms with E-state index in [1.165, 1.54) is 0 Å². The highest BCUT2D eigenvalue weighted by Gasteiger charge is 2.02. The van der Waals surface area contributed by atoms with Crippen LogP contribution in [0.5, 0.6) is 5.75 Å². The van der Waals surface area contributed by atoms with Gasteiger partial charge in [-0.15, -0.1) is 0 Å². The summed E-state index contributed by atoms with van der Waals surface area (Å²) in [6, 6.07) is 15.2. The standard InChI is InChI=1S/C13H13NOS/c14-9-10-3-1-2-4-13(10)16-12-7-5-11(15)6-8-12/h1-8,15H,9,14H2. The van der Waals surface area contributed by atoms with E-state index in [-0.39, 0.29) is 5.75 Å². The quantitative estimate of drug-likeness (QED) is 0.853. The first-order chi connectivity index (χ1) is 7.79. The number of phenolic OH excluding ortho intramolecular Hbond substituents is 1. The van der Waals surface area contributed by atoms with Gasteiger partial charge >= 0.3 is 0 Å². The highest BCUT2D eigenvalue weighted by Crippen LogP contribution is 2.30. The first-order valence-electron chi connectivity index (χ1n) is 5.04. The van der Waals surface area contributed by atoms with Crippen molar-refractivity contribution in [2.24, 2.45) is 5.73 Å². The Balaban J connectivity index is 2.23. The van der Waals surface area contributed by atoms with Crippen molar-refractivity contribution in [3.05, 3.63) is 54.1 Å². The van der Waals surface area contributed by atoms with Crippen molar-refractivity contribution in [3.8, 4) is 5.75 Å². The molecule has 0 heterocycles. The molecule has 82 valence electrons. The van der Waals surface area contributed by atoms with Crippen molar-refractivity contribution in [1.29, 1.82) is 0 Å². The predicted molar refractivity (Wildman–Crippen MR) is 66.6 cm³/mol. The van der Waals surface area contributed by atoms with Crippen LogP contribution in [0.3, 0.4) is 0 Å². The van der Waals surface area contributed by atoms with Crippen molar-refractivity contribution in [2.45, 2.75) is 16.3 Å². The first kappa shape index (κ1) is 11.0. The molecule has 2 rings (SSSR count). The van der Waals surface area contributed by atoms with Crippen LogP contribution in [0.1, 0.15) is 5.56 Å². The smallest absolute Gasteiger partial charge is 0.115 e. The zero-order chi connectivity index (χ0) is 11.4. The van der Waals surface area contributed by atoms with Gasteiger partial charge in [0.1, 0.15) is 5.75 Å². The molecule has 0 aromatic heterocycles. The molecule has 2 aromatic rings. The Hall–Kier alpha value is -1.45. The molecule has 0 saturated heterocycles. The Labute approximate surface area is 99.1 Å². The third-order valence-corrected chi connectivity index (χ3v) is 3.38. The number of aromatic hydroxyl groups is 1. The number of hydrogen-bond acceptors (Lipinski definition) is 3. The average molecular weight is 231 g/mol. The van der Waals surface area contributed by atoms with Gasteiger partial charge in [0, 0.05) is 16.3 Å². The Bertz CT molecular complexity index is 468. The van der Waals surface area contributed by atoms with Gasteiger partial charge in [0.15, 0.2) is 0 Å². The van der Waals surface area contributed by atoms with Crippen LogP contribution in [0.4, 0.5) is 0 Å². The van der Waals surface area contributed by atoms with E-state index < -0.39 is 0 Å². The third kappa shape index (κ3) is 2.56. The van der Waals surface area contributed by atoms with Gasteiger partial charge in [-0.25, -0.2) is 0 Å². The van der Waals surface area contributed by atoms with Crippen molar-refractivity contribution < 1.29 is 5.11 Å². The maximum Gasteiger partial charge on any atom is 0.115 e. The van der Waals surface area contributed by atoms with Crippen LogP contribution < -0.4 is 5.73 Å². The Morgan fingerprint density at radius 2 is 1.69 bits per heavy atom. The van der Waals surface area contributed by atoms with E-state index in [9.17, 15) is 5.11 Å². The van der Waals surface area contributed by atoms with E-state index in [1.807, 2.05) is 30.3 Å². The van der Waals surface area contributed by atoms with Crippen LogP contribution in [-0.2, 0) is 6.54 Å². The summed E-state index contributed by atoms with van der Waals surface area (Å²) in [5, 5.41) is 9.19. The molecule has 0 aliphatic rings. The molecule has 0 bridgehead atoms. The number of nitrogens with two attached hydrogens (primary N) is 1. The summed E-state index contributed by atoms with van der Waals surface area (Å²) < 4.78 is 0. The highest BCUT2D eigenvalue weighted by molar-refractivity contribution is 7.99. The Morgan fingerprint density at radius 3 is 2.38 bits per heavy atom. The minimum Gasteiger partial charge on any atom is -0.508 e. The second-order valence-corrected chi connectivity index (χ2v) is 4.52. The maximum absolute atomic E-state index is 9.19. The second kappa shape index (κ2) is 5.05. The predicted octanol–water partition coefficient (Wildman–Crippen LogP) is 3.00. The fourth-order valence-corrected chi connectivity index (χ4v) is 2.37. The van der Waals surface area contributed by atoms with Gasteiger partial charge in [-0.3, -0.25) is 0 Å². The minimum absolute atomic E-state index is 0.288. The van der Waals surface area contributed by atoms with Gasteiger partial charge in [0.05, 0.1) is 0 Å². The summed E-state index contributed by atoms with van der Waals surface area (Å²) in [7, 11) is 0. The van der Waals surface area contributed by atoms with E-state index in [0.29, 0.717) is 6.54 Å². The SMILES string of the molecule is NCc1ccccc1Sc1ccc(O)cc1. The molecular formula is C13H13NOS. The van der Waals surface area contributed by atoms with Crippen LogP contribution in [0.2, 0.25) is 0 Å². The molecule has 0 aliphatic carbocycles. The monoisotopic (exact) mass is 231 g/mol. The van der Waals surface area contributed by atoms with Crippen LogP contribution in [0.15, 0.2) is 58.3 Å². The molecule has 2 aromatic carbocycles. The summed E-state index contributed by atoms with van der Waals surface area (Å²) in [6.07, 6.45) is 0. The van der Waals surface area contributed by atoms with Gasteiger partial charge in [0.25, 0.3) is 0 Å². The third-order valence-electron chi connectivity index (χ3n) is 2.26. The molecule has 0 atom stereocenters. The molecule has 16 heavy (non-hydrogen) atoms.